The minimum atomic E-state index is -0.896. The van der Waals surface area contributed by atoms with Crippen LogP contribution < -0.4 is 0 Å². The summed E-state index contributed by atoms with van der Waals surface area (Å²) in [5.41, 5.74) is 0.0309. The van der Waals surface area contributed by atoms with Gasteiger partial charge in [-0.1, -0.05) is 11.6 Å². The number of carbonyl (C=O) groups is 2. The summed E-state index contributed by atoms with van der Waals surface area (Å²) in [5.74, 6) is -1.90. The van der Waals surface area contributed by atoms with Gasteiger partial charge in [0.2, 0.25) is 0 Å². The summed E-state index contributed by atoms with van der Waals surface area (Å²) in [5, 5.41) is 8.75. The molecule has 2 heterocycles. The summed E-state index contributed by atoms with van der Waals surface area (Å²) in [6.07, 6.45) is 1.61. The molecule has 0 aromatic carbocycles. The highest BCUT2D eigenvalue weighted by Gasteiger charge is 2.23. The SMILES string of the molecule is O=C(O)CN1CCCN(C(=O)c2cc(F)cnc2Cl)CC1. The van der Waals surface area contributed by atoms with Crippen molar-refractivity contribution in [2.75, 3.05) is 32.7 Å². The fourth-order valence-electron chi connectivity index (χ4n) is 2.27. The fraction of sp³-hybridized carbons (Fsp3) is 0.462. The van der Waals surface area contributed by atoms with Gasteiger partial charge in [-0.15, -0.1) is 0 Å². The molecule has 1 aliphatic heterocycles. The number of halogens is 2. The van der Waals surface area contributed by atoms with Crippen molar-refractivity contribution in [3.8, 4) is 0 Å². The van der Waals surface area contributed by atoms with Crippen molar-refractivity contribution < 1.29 is 19.1 Å². The average Bonchev–Trinajstić information content (AvgIpc) is 2.66. The van der Waals surface area contributed by atoms with Crippen LogP contribution in [0, 0.1) is 5.82 Å². The van der Waals surface area contributed by atoms with E-state index < -0.39 is 11.8 Å². The topological polar surface area (TPSA) is 73.7 Å². The number of rotatable bonds is 3. The lowest BCUT2D eigenvalue weighted by molar-refractivity contribution is -0.138. The molecule has 1 fully saturated rings. The Bertz CT molecular complexity index is 555. The lowest BCUT2D eigenvalue weighted by atomic mass is 10.2. The van der Waals surface area contributed by atoms with E-state index in [2.05, 4.69) is 4.98 Å². The zero-order valence-corrected chi connectivity index (χ0v) is 12.0. The van der Waals surface area contributed by atoms with Gasteiger partial charge in [-0.25, -0.2) is 9.37 Å². The summed E-state index contributed by atoms with van der Waals surface area (Å²) < 4.78 is 13.2. The van der Waals surface area contributed by atoms with Crippen molar-refractivity contribution in [3.63, 3.8) is 0 Å². The van der Waals surface area contributed by atoms with Gasteiger partial charge in [-0.2, -0.15) is 0 Å². The molecule has 21 heavy (non-hydrogen) atoms. The predicted molar refractivity (Wildman–Crippen MR) is 73.8 cm³/mol. The number of aromatic nitrogens is 1. The molecule has 0 aliphatic carbocycles. The van der Waals surface area contributed by atoms with E-state index in [0.29, 0.717) is 32.6 Å². The van der Waals surface area contributed by atoms with Gasteiger partial charge in [-0.3, -0.25) is 14.5 Å². The third-order valence-corrected chi connectivity index (χ3v) is 3.57. The number of carboxylic acid groups (broad SMARTS) is 1. The Balaban J connectivity index is 2.06. The molecule has 0 atom stereocenters. The number of carbonyl (C=O) groups excluding carboxylic acids is 1. The Labute approximate surface area is 126 Å². The van der Waals surface area contributed by atoms with Gasteiger partial charge in [0.15, 0.2) is 0 Å². The Morgan fingerprint density at radius 1 is 1.33 bits per heavy atom. The molecule has 0 spiro atoms. The minimum absolute atomic E-state index is 0.0309. The van der Waals surface area contributed by atoms with Gasteiger partial charge in [-0.05, 0) is 12.5 Å². The molecule has 1 aromatic heterocycles. The Morgan fingerprint density at radius 2 is 2.10 bits per heavy atom. The van der Waals surface area contributed by atoms with E-state index in [1.807, 2.05) is 0 Å². The summed E-state index contributed by atoms with van der Waals surface area (Å²) in [6.45, 7) is 1.86. The molecule has 114 valence electrons. The zero-order chi connectivity index (χ0) is 15.4. The molecule has 1 aliphatic rings. The molecule has 8 heteroatoms. The molecule has 1 N–H and O–H groups in total. The number of pyridine rings is 1. The van der Waals surface area contributed by atoms with Crippen LogP contribution in [0.15, 0.2) is 12.3 Å². The minimum Gasteiger partial charge on any atom is -0.480 e. The second kappa shape index (κ2) is 6.82. The molecule has 6 nitrogen and oxygen atoms in total. The maximum atomic E-state index is 13.2. The van der Waals surface area contributed by atoms with Crippen LogP contribution in [0.25, 0.3) is 0 Å². The molecule has 1 saturated heterocycles. The quantitative estimate of drug-likeness (QED) is 0.846. The van der Waals surface area contributed by atoms with Crippen molar-refractivity contribution in [2.45, 2.75) is 6.42 Å². The first-order chi connectivity index (χ1) is 9.97. The molecule has 0 radical (unpaired) electrons. The first-order valence-corrected chi connectivity index (χ1v) is 6.89. The summed E-state index contributed by atoms with van der Waals surface area (Å²) in [4.78, 5) is 30.0. The van der Waals surface area contributed by atoms with E-state index in [4.69, 9.17) is 16.7 Å². The second-order valence-corrected chi connectivity index (χ2v) is 5.17. The predicted octanol–water partition coefficient (Wildman–Crippen LogP) is 1.11. The number of carboxylic acids is 1. The fourth-order valence-corrected chi connectivity index (χ4v) is 2.45. The number of hydrogen-bond acceptors (Lipinski definition) is 4. The second-order valence-electron chi connectivity index (χ2n) is 4.81. The van der Waals surface area contributed by atoms with Gasteiger partial charge >= 0.3 is 5.97 Å². The van der Waals surface area contributed by atoms with Crippen LogP contribution in [0.4, 0.5) is 4.39 Å². The van der Waals surface area contributed by atoms with Crippen molar-refractivity contribution in [2.24, 2.45) is 0 Å². The molecular weight excluding hydrogens is 301 g/mol. The van der Waals surface area contributed by atoms with Crippen LogP contribution in [0.2, 0.25) is 5.15 Å². The van der Waals surface area contributed by atoms with Gasteiger partial charge in [0.1, 0.15) is 11.0 Å². The lowest BCUT2D eigenvalue weighted by Crippen LogP contribution is -2.36. The highest BCUT2D eigenvalue weighted by molar-refractivity contribution is 6.32. The summed E-state index contributed by atoms with van der Waals surface area (Å²) in [6, 6.07) is 1.07. The number of hydrogen-bond donors (Lipinski definition) is 1. The maximum Gasteiger partial charge on any atom is 0.317 e. The zero-order valence-electron chi connectivity index (χ0n) is 11.3. The molecule has 2 rings (SSSR count). The van der Waals surface area contributed by atoms with E-state index >= 15 is 0 Å². The van der Waals surface area contributed by atoms with Crippen molar-refractivity contribution in [3.05, 3.63) is 28.8 Å². The molecule has 0 saturated carbocycles. The van der Waals surface area contributed by atoms with E-state index in [0.717, 1.165) is 12.3 Å². The van der Waals surface area contributed by atoms with E-state index in [9.17, 15) is 14.0 Å². The highest BCUT2D eigenvalue weighted by Crippen LogP contribution is 2.17. The first-order valence-electron chi connectivity index (χ1n) is 6.52. The smallest absolute Gasteiger partial charge is 0.317 e. The number of amides is 1. The van der Waals surface area contributed by atoms with Crippen molar-refractivity contribution in [1.82, 2.24) is 14.8 Å². The summed E-state index contributed by atoms with van der Waals surface area (Å²) in [7, 11) is 0. The van der Waals surface area contributed by atoms with E-state index in [1.54, 1.807) is 9.80 Å². The van der Waals surface area contributed by atoms with Crippen molar-refractivity contribution in [1.29, 1.82) is 0 Å². The van der Waals surface area contributed by atoms with Gasteiger partial charge < -0.3 is 10.0 Å². The standard InChI is InChI=1S/C13H15ClFN3O3/c14-12-10(6-9(15)7-16-12)13(21)18-3-1-2-17(4-5-18)8-11(19)20/h6-7H,1-5,8H2,(H,19,20). The van der Waals surface area contributed by atoms with Crippen LogP contribution in [0.1, 0.15) is 16.8 Å². The van der Waals surface area contributed by atoms with Gasteiger partial charge in [0, 0.05) is 26.2 Å². The molecule has 0 unspecified atom stereocenters. The van der Waals surface area contributed by atoms with Crippen LogP contribution in [0.5, 0.6) is 0 Å². The Morgan fingerprint density at radius 3 is 2.81 bits per heavy atom. The Hall–Kier alpha value is -1.73. The highest BCUT2D eigenvalue weighted by atomic mass is 35.5. The number of aliphatic carboxylic acids is 1. The molecular formula is C13H15ClFN3O3. The molecule has 1 aromatic rings. The van der Waals surface area contributed by atoms with Gasteiger partial charge in [0.25, 0.3) is 5.91 Å². The van der Waals surface area contributed by atoms with Crippen LogP contribution in [-0.2, 0) is 4.79 Å². The monoisotopic (exact) mass is 315 g/mol. The van der Waals surface area contributed by atoms with E-state index in [-0.39, 0.29) is 23.2 Å². The molecule has 1 amide bonds. The normalized spacial score (nSPS) is 16.6. The van der Waals surface area contributed by atoms with E-state index in [1.165, 1.54) is 0 Å². The lowest BCUT2D eigenvalue weighted by Gasteiger charge is -2.21. The Kier molecular flexibility index (Phi) is 5.08. The van der Waals surface area contributed by atoms with Crippen LogP contribution in [0.3, 0.4) is 0 Å². The first kappa shape index (κ1) is 15.7. The largest absolute Gasteiger partial charge is 0.480 e. The average molecular weight is 316 g/mol. The number of nitrogens with zero attached hydrogens (tertiary/aromatic N) is 3. The summed E-state index contributed by atoms with van der Waals surface area (Å²) >= 11 is 5.84. The van der Waals surface area contributed by atoms with Crippen LogP contribution >= 0.6 is 11.6 Å². The third kappa shape index (κ3) is 4.12. The third-order valence-electron chi connectivity index (χ3n) is 3.27. The maximum absolute atomic E-state index is 13.2. The van der Waals surface area contributed by atoms with Gasteiger partial charge in [0.05, 0.1) is 18.3 Å². The molecule has 0 bridgehead atoms. The van der Waals surface area contributed by atoms with Crippen LogP contribution in [-0.4, -0.2) is 64.5 Å². The van der Waals surface area contributed by atoms with Crippen molar-refractivity contribution >= 4 is 23.5 Å².